The zero-order valence-electron chi connectivity index (χ0n) is 16.9. The molecule has 4 rings (SSSR count). The molecule has 30 heavy (non-hydrogen) atoms. The molecule has 0 saturated carbocycles. The van der Waals surface area contributed by atoms with Crippen LogP contribution in [-0.2, 0) is 28.5 Å². The van der Waals surface area contributed by atoms with Gasteiger partial charge in [-0.2, -0.15) is 8.42 Å². The van der Waals surface area contributed by atoms with E-state index < -0.39 is 33.9 Å². The Bertz CT molecular complexity index is 917. The normalized spacial score (nSPS) is 26.4. The van der Waals surface area contributed by atoms with E-state index in [1.807, 2.05) is 11.8 Å². The van der Waals surface area contributed by atoms with Crippen LogP contribution in [0, 0.1) is 5.82 Å². The number of piperidine rings is 1. The van der Waals surface area contributed by atoms with Crippen LogP contribution < -0.4 is 9.80 Å². The number of halogens is 1. The van der Waals surface area contributed by atoms with Crippen LogP contribution in [-0.4, -0.2) is 71.6 Å². The molecule has 0 N–H and O–H groups in total. The lowest BCUT2D eigenvalue weighted by Gasteiger charge is -2.39. The van der Waals surface area contributed by atoms with E-state index in [-0.39, 0.29) is 19.3 Å². The Hall–Kier alpha value is -1.95. The lowest BCUT2D eigenvalue weighted by molar-refractivity contribution is -0.178. The molecule has 0 aliphatic carbocycles. The minimum absolute atomic E-state index is 0.0689. The number of hydrogen-bond donors (Lipinski definition) is 0. The number of rotatable bonds is 5. The summed E-state index contributed by atoms with van der Waals surface area (Å²) >= 11 is 0. The summed E-state index contributed by atoms with van der Waals surface area (Å²) in [5.41, 5.74) is 0.789. The van der Waals surface area contributed by atoms with Gasteiger partial charge in [-0.15, -0.1) is 0 Å². The number of ether oxygens (including phenoxy) is 3. The molecule has 0 aromatic heterocycles. The molecular weight excluding hydrogens is 419 g/mol. The van der Waals surface area contributed by atoms with E-state index in [1.165, 1.54) is 11.0 Å². The third kappa shape index (κ3) is 4.53. The van der Waals surface area contributed by atoms with Gasteiger partial charge in [0.15, 0.2) is 5.79 Å². The van der Waals surface area contributed by atoms with Gasteiger partial charge < -0.3 is 19.1 Å². The Morgan fingerprint density at radius 1 is 1.30 bits per heavy atom. The van der Waals surface area contributed by atoms with Crippen molar-refractivity contribution >= 4 is 27.6 Å². The summed E-state index contributed by atoms with van der Waals surface area (Å²) in [5.74, 6) is -1.01. The second kappa shape index (κ2) is 7.95. The van der Waals surface area contributed by atoms with Crippen molar-refractivity contribution in [2.24, 2.45) is 0 Å². The van der Waals surface area contributed by atoms with Gasteiger partial charge >= 0.3 is 6.09 Å². The molecule has 3 heterocycles. The summed E-state index contributed by atoms with van der Waals surface area (Å²) in [5, 5.41) is 0. The zero-order chi connectivity index (χ0) is 21.5. The molecule has 0 bridgehead atoms. The molecule has 1 aromatic carbocycles. The number of carbonyl (C=O) groups is 1. The molecule has 166 valence electrons. The number of cyclic esters (lactones) is 1. The van der Waals surface area contributed by atoms with Crippen LogP contribution in [0.3, 0.4) is 0 Å². The molecule has 3 fully saturated rings. The average Bonchev–Trinajstić information content (AvgIpc) is 3.23. The summed E-state index contributed by atoms with van der Waals surface area (Å²) in [6.07, 6.45) is 0.872. The Morgan fingerprint density at radius 3 is 2.63 bits per heavy atom. The molecule has 1 amide bonds. The van der Waals surface area contributed by atoms with Crippen molar-refractivity contribution in [1.82, 2.24) is 0 Å². The second-order valence-electron chi connectivity index (χ2n) is 7.88. The average molecular weight is 444 g/mol. The fourth-order valence-corrected chi connectivity index (χ4v) is 4.39. The van der Waals surface area contributed by atoms with Crippen LogP contribution in [0.15, 0.2) is 18.2 Å². The highest BCUT2D eigenvalue weighted by molar-refractivity contribution is 7.85. The van der Waals surface area contributed by atoms with Gasteiger partial charge in [0.1, 0.15) is 18.5 Å². The molecule has 3 aliphatic heterocycles. The number of amides is 1. The Morgan fingerprint density at radius 2 is 2.03 bits per heavy atom. The van der Waals surface area contributed by atoms with Crippen molar-refractivity contribution < 1.29 is 36.0 Å². The Balaban J connectivity index is 1.39. The molecule has 11 heteroatoms. The number of benzene rings is 1. The quantitative estimate of drug-likeness (QED) is 0.636. The van der Waals surface area contributed by atoms with Gasteiger partial charge in [-0.1, -0.05) is 0 Å². The van der Waals surface area contributed by atoms with Crippen LogP contribution in [0.1, 0.15) is 19.8 Å². The summed E-state index contributed by atoms with van der Waals surface area (Å²) in [7, 11) is -3.64. The number of nitrogens with zero attached hydrogens (tertiary/aromatic N) is 2. The molecule has 9 nitrogen and oxygen atoms in total. The Kier molecular flexibility index (Phi) is 5.64. The van der Waals surface area contributed by atoms with Crippen LogP contribution in [0.5, 0.6) is 0 Å². The zero-order valence-corrected chi connectivity index (χ0v) is 17.7. The summed E-state index contributed by atoms with van der Waals surface area (Å²) in [4.78, 5) is 15.3. The lowest BCUT2D eigenvalue weighted by atomic mass is 10.0. The topological polar surface area (TPSA) is 94.6 Å². The van der Waals surface area contributed by atoms with E-state index in [2.05, 4.69) is 4.18 Å². The van der Waals surface area contributed by atoms with Gasteiger partial charge in [0.2, 0.25) is 0 Å². The molecule has 3 saturated heterocycles. The molecule has 2 atom stereocenters. The van der Waals surface area contributed by atoms with E-state index >= 15 is 0 Å². The molecule has 1 unspecified atom stereocenters. The van der Waals surface area contributed by atoms with Crippen molar-refractivity contribution in [3.05, 3.63) is 24.0 Å². The molecule has 3 aliphatic rings. The lowest BCUT2D eigenvalue weighted by Crippen LogP contribution is -2.45. The summed E-state index contributed by atoms with van der Waals surface area (Å²) < 4.78 is 58.6. The molecule has 1 spiro atoms. The first-order chi connectivity index (χ1) is 14.1. The standard InChI is InChI=1S/C19H25FN2O7S/c1-13-11-26-19(29-13)5-7-21(8-6-19)17-4-3-14(9-16(17)20)22-10-15(28-18(22)23)12-27-30(2,24)25/h3-4,9,13,15H,5-8,10-12H2,1-2H3/t13?,15-/m1/s1. The van der Waals surface area contributed by atoms with Gasteiger partial charge in [-0.25, -0.2) is 9.18 Å². The highest BCUT2D eigenvalue weighted by Gasteiger charge is 2.43. The van der Waals surface area contributed by atoms with Crippen LogP contribution in [0.2, 0.25) is 0 Å². The van der Waals surface area contributed by atoms with E-state index in [4.69, 9.17) is 14.2 Å². The van der Waals surface area contributed by atoms with E-state index in [0.29, 0.717) is 43.9 Å². The third-order valence-electron chi connectivity index (χ3n) is 5.45. The summed E-state index contributed by atoms with van der Waals surface area (Å²) in [6, 6.07) is 4.56. The smallest absolute Gasteiger partial charge is 0.414 e. The molecular formula is C19H25FN2O7S. The van der Waals surface area contributed by atoms with Gasteiger partial charge in [0.25, 0.3) is 10.1 Å². The predicted molar refractivity (Wildman–Crippen MR) is 105 cm³/mol. The van der Waals surface area contributed by atoms with Crippen LogP contribution >= 0.6 is 0 Å². The first-order valence-corrected chi connectivity index (χ1v) is 11.6. The van der Waals surface area contributed by atoms with E-state index in [9.17, 15) is 17.6 Å². The molecule has 0 radical (unpaired) electrons. The van der Waals surface area contributed by atoms with E-state index in [0.717, 1.165) is 6.26 Å². The predicted octanol–water partition coefficient (Wildman–Crippen LogP) is 1.86. The van der Waals surface area contributed by atoms with Gasteiger partial charge in [0, 0.05) is 25.9 Å². The summed E-state index contributed by atoms with van der Waals surface area (Å²) in [6.45, 7) is 3.54. The van der Waals surface area contributed by atoms with Crippen molar-refractivity contribution in [1.29, 1.82) is 0 Å². The van der Waals surface area contributed by atoms with Crippen LogP contribution in [0.25, 0.3) is 0 Å². The van der Waals surface area contributed by atoms with Gasteiger partial charge in [-0.05, 0) is 25.1 Å². The highest BCUT2D eigenvalue weighted by Crippen LogP contribution is 2.36. The maximum Gasteiger partial charge on any atom is 0.414 e. The molecule has 1 aromatic rings. The maximum absolute atomic E-state index is 14.9. The van der Waals surface area contributed by atoms with Gasteiger partial charge in [0.05, 0.1) is 36.9 Å². The number of anilines is 2. The highest BCUT2D eigenvalue weighted by atomic mass is 32.2. The third-order valence-corrected chi connectivity index (χ3v) is 6.01. The SMILES string of the molecule is CC1COC2(CCN(c3ccc(N4C[C@H](COS(C)(=O)=O)OC4=O)cc3F)CC2)O1. The minimum Gasteiger partial charge on any atom is -0.441 e. The second-order valence-corrected chi connectivity index (χ2v) is 9.52. The fourth-order valence-electron chi connectivity index (χ4n) is 3.99. The van der Waals surface area contributed by atoms with Gasteiger partial charge in [-0.3, -0.25) is 9.08 Å². The van der Waals surface area contributed by atoms with Crippen LogP contribution in [0.4, 0.5) is 20.6 Å². The van der Waals surface area contributed by atoms with Crippen molar-refractivity contribution in [3.63, 3.8) is 0 Å². The number of carbonyl (C=O) groups excluding carboxylic acids is 1. The monoisotopic (exact) mass is 444 g/mol. The van der Waals surface area contributed by atoms with Crippen molar-refractivity contribution in [3.8, 4) is 0 Å². The first-order valence-electron chi connectivity index (χ1n) is 9.83. The van der Waals surface area contributed by atoms with E-state index in [1.54, 1.807) is 12.1 Å². The van der Waals surface area contributed by atoms with Crippen molar-refractivity contribution in [2.45, 2.75) is 37.8 Å². The Labute approximate surface area is 174 Å². The fraction of sp³-hybridized carbons (Fsp3) is 0.632. The van der Waals surface area contributed by atoms with Crippen molar-refractivity contribution in [2.75, 3.05) is 48.9 Å². The maximum atomic E-state index is 14.9. The largest absolute Gasteiger partial charge is 0.441 e. The first kappa shape index (κ1) is 21.3. The number of hydrogen-bond acceptors (Lipinski definition) is 8. The minimum atomic E-state index is -3.64.